The van der Waals surface area contributed by atoms with Crippen LogP contribution in [0.25, 0.3) is 11.1 Å². The Morgan fingerprint density at radius 1 is 1.08 bits per heavy atom. The normalized spacial score (nSPS) is 15.1. The van der Waals surface area contributed by atoms with Crippen molar-refractivity contribution in [2.75, 3.05) is 36.8 Å². The van der Waals surface area contributed by atoms with Gasteiger partial charge in [0.2, 0.25) is 10.0 Å². The number of nitrogens with zero attached hydrogens (tertiary/aromatic N) is 5. The van der Waals surface area contributed by atoms with E-state index in [4.69, 9.17) is 0 Å². The first kappa shape index (κ1) is 26.8. The third-order valence-corrected chi connectivity index (χ3v) is 7.73. The molecule has 4 rings (SSSR count). The Kier molecular flexibility index (Phi) is 7.94. The van der Waals surface area contributed by atoms with Gasteiger partial charge in [-0.3, -0.25) is 14.7 Å². The first-order valence-electron chi connectivity index (χ1n) is 11.1. The van der Waals surface area contributed by atoms with Gasteiger partial charge in [0.1, 0.15) is 5.75 Å². The molecule has 0 atom stereocenters. The highest BCUT2D eigenvalue weighted by Gasteiger charge is 2.31. The summed E-state index contributed by atoms with van der Waals surface area (Å²) in [4.78, 5) is 21.5. The molecule has 3 aromatic heterocycles. The Labute approximate surface area is 214 Å². The Balaban J connectivity index is 1.27. The van der Waals surface area contributed by atoms with E-state index in [2.05, 4.69) is 26.1 Å². The van der Waals surface area contributed by atoms with Crippen LogP contribution in [0.15, 0.2) is 42.0 Å². The second-order valence-corrected chi connectivity index (χ2v) is 11.2. The zero-order chi connectivity index (χ0) is 26.6. The molecule has 1 saturated heterocycles. The van der Waals surface area contributed by atoms with Crippen molar-refractivity contribution in [2.45, 2.75) is 19.1 Å². The number of carbonyl (C=O) groups is 1. The monoisotopic (exact) mass is 556 g/mol. The van der Waals surface area contributed by atoms with E-state index >= 15 is 0 Å². The molecular weight excluding hydrogens is 533 g/mol. The third kappa shape index (κ3) is 7.60. The van der Waals surface area contributed by atoms with Crippen LogP contribution in [-0.4, -0.2) is 77.6 Å². The Bertz CT molecular complexity index is 1340. The van der Waals surface area contributed by atoms with E-state index < -0.39 is 34.3 Å². The average Bonchev–Trinajstić information content (AvgIpc) is 3.31. The molecule has 0 radical (unpaired) electrons. The van der Waals surface area contributed by atoms with Gasteiger partial charge in [-0.15, -0.1) is 21.5 Å². The summed E-state index contributed by atoms with van der Waals surface area (Å²) < 4.78 is 61.8. The number of halogens is 3. The van der Waals surface area contributed by atoms with Crippen LogP contribution in [0.2, 0.25) is 0 Å². The molecule has 0 bridgehead atoms. The number of nitrogens with one attached hydrogen (secondary N) is 1. The van der Waals surface area contributed by atoms with E-state index in [0.29, 0.717) is 18.9 Å². The van der Waals surface area contributed by atoms with E-state index in [1.807, 2.05) is 10.3 Å². The topological polar surface area (TPSA) is 129 Å². The number of hydrogen-bond donors (Lipinski definition) is 2. The highest BCUT2D eigenvalue weighted by Crippen LogP contribution is 2.28. The van der Waals surface area contributed by atoms with Gasteiger partial charge in [-0.05, 0) is 35.2 Å². The van der Waals surface area contributed by atoms with Crippen molar-refractivity contribution in [1.82, 2.24) is 24.8 Å². The van der Waals surface area contributed by atoms with Crippen molar-refractivity contribution >= 4 is 33.1 Å². The molecule has 4 heterocycles. The fraction of sp³-hybridized carbons (Fsp3) is 0.364. The number of aromatic nitrogens is 3. The third-order valence-electron chi connectivity index (χ3n) is 5.57. The Morgan fingerprint density at radius 2 is 1.84 bits per heavy atom. The number of aromatic hydroxyl groups is 1. The van der Waals surface area contributed by atoms with Crippen molar-refractivity contribution in [1.29, 1.82) is 0 Å². The zero-order valence-electron chi connectivity index (χ0n) is 19.3. The van der Waals surface area contributed by atoms with Gasteiger partial charge < -0.3 is 10.0 Å². The minimum absolute atomic E-state index is 0.115. The van der Waals surface area contributed by atoms with Crippen LogP contribution in [0.4, 0.5) is 19.0 Å². The van der Waals surface area contributed by atoms with Crippen molar-refractivity contribution in [2.24, 2.45) is 0 Å². The van der Waals surface area contributed by atoms with Crippen molar-refractivity contribution < 1.29 is 31.5 Å². The van der Waals surface area contributed by atoms with E-state index in [0.717, 1.165) is 30.8 Å². The molecule has 1 aliphatic heterocycles. The molecule has 1 aliphatic rings. The number of anilines is 1. The van der Waals surface area contributed by atoms with Gasteiger partial charge in [0, 0.05) is 49.4 Å². The summed E-state index contributed by atoms with van der Waals surface area (Å²) in [6.07, 6.45) is -3.13. The number of carbonyl (C=O) groups excluding carboxylic acids is 1. The molecule has 3 aromatic rings. The maximum atomic E-state index is 12.3. The van der Waals surface area contributed by atoms with Crippen molar-refractivity contribution in [3.05, 3.63) is 52.6 Å². The number of sulfonamides is 1. The van der Waals surface area contributed by atoms with Crippen LogP contribution in [0.1, 0.15) is 21.8 Å². The lowest BCUT2D eigenvalue weighted by Gasteiger charge is -2.34. The van der Waals surface area contributed by atoms with E-state index in [9.17, 15) is 31.5 Å². The standard InChI is InChI=1S/C22H23F3N6O4S2/c23-22(24,25)3-8-37(34,35)29-21(33)19-1-2-20(28-27-19)31-6-4-30(5-7-31)13-18-10-16(14-36-18)15-9-17(32)12-26-11-15/h1-2,9-12,14,32H,3-8,13H2,(H,29,33). The number of piperazine rings is 1. The summed E-state index contributed by atoms with van der Waals surface area (Å²) in [6, 6.07) is 6.55. The molecular formula is C22H23F3N6O4S2. The van der Waals surface area contributed by atoms with Gasteiger partial charge in [0.15, 0.2) is 11.5 Å². The lowest BCUT2D eigenvalue weighted by molar-refractivity contribution is -0.130. The first-order chi connectivity index (χ1) is 17.5. The maximum absolute atomic E-state index is 12.3. The number of rotatable bonds is 8. The van der Waals surface area contributed by atoms with Crippen LogP contribution in [0.3, 0.4) is 0 Å². The molecule has 1 amide bonds. The van der Waals surface area contributed by atoms with Crippen LogP contribution in [0, 0.1) is 0 Å². The summed E-state index contributed by atoms with van der Waals surface area (Å²) in [7, 11) is -4.46. The van der Waals surface area contributed by atoms with Gasteiger partial charge in [-0.1, -0.05) is 0 Å². The highest BCUT2D eigenvalue weighted by atomic mass is 32.2. The largest absolute Gasteiger partial charge is 0.506 e. The minimum Gasteiger partial charge on any atom is -0.506 e. The molecule has 1 fully saturated rings. The van der Waals surface area contributed by atoms with Crippen LogP contribution >= 0.6 is 11.3 Å². The Morgan fingerprint density at radius 3 is 2.49 bits per heavy atom. The summed E-state index contributed by atoms with van der Waals surface area (Å²) in [5, 5.41) is 19.4. The molecule has 0 spiro atoms. The highest BCUT2D eigenvalue weighted by molar-refractivity contribution is 7.90. The van der Waals surface area contributed by atoms with Gasteiger partial charge in [0.05, 0.1) is 18.4 Å². The number of pyridine rings is 1. The molecule has 0 saturated carbocycles. The molecule has 0 unspecified atom stereocenters. The smallest absolute Gasteiger partial charge is 0.390 e. The Hall–Kier alpha value is -3.30. The second-order valence-electron chi connectivity index (χ2n) is 8.39. The van der Waals surface area contributed by atoms with Gasteiger partial charge in [-0.25, -0.2) is 13.1 Å². The molecule has 2 N–H and O–H groups in total. The number of hydrogen-bond acceptors (Lipinski definition) is 10. The first-order valence-corrected chi connectivity index (χ1v) is 13.6. The van der Waals surface area contributed by atoms with Crippen LogP contribution in [-0.2, 0) is 16.6 Å². The van der Waals surface area contributed by atoms with Crippen molar-refractivity contribution in [3.8, 4) is 16.9 Å². The SMILES string of the molecule is O=C(NS(=O)(=O)CCC(F)(F)F)c1ccc(N2CCN(Cc3cc(-c4cncc(O)c4)cs3)CC2)nn1. The molecule has 10 nitrogen and oxygen atoms in total. The summed E-state index contributed by atoms with van der Waals surface area (Å²) in [5.41, 5.74) is 1.53. The fourth-order valence-corrected chi connectivity index (χ4v) is 5.59. The van der Waals surface area contributed by atoms with Gasteiger partial charge in [-0.2, -0.15) is 13.2 Å². The second kappa shape index (κ2) is 11.0. The van der Waals surface area contributed by atoms with E-state index in [1.54, 1.807) is 28.3 Å². The molecule has 15 heteroatoms. The minimum atomic E-state index is -4.65. The molecule has 0 aromatic carbocycles. The summed E-state index contributed by atoms with van der Waals surface area (Å²) in [5.74, 6) is -1.77. The van der Waals surface area contributed by atoms with Crippen LogP contribution < -0.4 is 9.62 Å². The quantitative estimate of drug-likeness (QED) is 0.430. The number of amides is 1. The average molecular weight is 557 g/mol. The lowest BCUT2D eigenvalue weighted by Crippen LogP contribution is -2.46. The fourth-order valence-electron chi connectivity index (χ4n) is 3.67. The van der Waals surface area contributed by atoms with E-state index in [-0.39, 0.29) is 11.4 Å². The predicted molar refractivity (Wildman–Crippen MR) is 131 cm³/mol. The molecule has 198 valence electrons. The lowest BCUT2D eigenvalue weighted by atomic mass is 10.1. The number of alkyl halides is 3. The van der Waals surface area contributed by atoms with Crippen LogP contribution in [0.5, 0.6) is 5.75 Å². The van der Waals surface area contributed by atoms with Gasteiger partial charge >= 0.3 is 6.18 Å². The van der Waals surface area contributed by atoms with E-state index in [1.165, 1.54) is 23.2 Å². The zero-order valence-corrected chi connectivity index (χ0v) is 21.0. The molecule has 37 heavy (non-hydrogen) atoms. The van der Waals surface area contributed by atoms with Gasteiger partial charge in [0.25, 0.3) is 5.91 Å². The molecule has 0 aliphatic carbocycles. The predicted octanol–water partition coefficient (Wildman–Crippen LogP) is 2.64. The summed E-state index contributed by atoms with van der Waals surface area (Å²) >= 11 is 1.63. The summed E-state index contributed by atoms with van der Waals surface area (Å²) in [6.45, 7) is 3.57. The number of thiophene rings is 1. The van der Waals surface area contributed by atoms with Crippen molar-refractivity contribution in [3.63, 3.8) is 0 Å². The maximum Gasteiger partial charge on any atom is 0.390 e.